The lowest BCUT2D eigenvalue weighted by atomic mass is 10.2. The van der Waals surface area contributed by atoms with Crippen molar-refractivity contribution >= 4 is 0 Å². The molecule has 1 heterocycles. The molecule has 0 spiro atoms. The third-order valence-electron chi connectivity index (χ3n) is 2.69. The highest BCUT2D eigenvalue weighted by molar-refractivity contribution is 5.14. The minimum absolute atomic E-state index is 0.294. The van der Waals surface area contributed by atoms with Crippen LogP contribution >= 0.6 is 0 Å². The van der Waals surface area contributed by atoms with Crippen molar-refractivity contribution in [3.63, 3.8) is 0 Å². The molecule has 0 saturated carbocycles. The van der Waals surface area contributed by atoms with Crippen LogP contribution in [-0.4, -0.2) is 24.4 Å². The van der Waals surface area contributed by atoms with E-state index in [1.165, 1.54) is 5.56 Å². The maximum absolute atomic E-state index is 9.74. The van der Waals surface area contributed by atoms with Crippen molar-refractivity contribution in [1.29, 1.82) is 0 Å². The van der Waals surface area contributed by atoms with E-state index >= 15 is 0 Å². The van der Waals surface area contributed by atoms with Gasteiger partial charge in [-0.25, -0.2) is 0 Å². The molecule has 0 saturated heterocycles. The van der Waals surface area contributed by atoms with E-state index in [2.05, 4.69) is 5.32 Å². The van der Waals surface area contributed by atoms with Gasteiger partial charge in [-0.2, -0.15) is 0 Å². The summed E-state index contributed by atoms with van der Waals surface area (Å²) >= 11 is 0. The monoisotopic (exact) mass is 261 g/mol. The number of ether oxygens (including phenoxy) is 1. The Balaban J connectivity index is 1.56. The number of benzene rings is 1. The van der Waals surface area contributed by atoms with E-state index in [1.54, 1.807) is 6.26 Å². The van der Waals surface area contributed by atoms with Crippen molar-refractivity contribution in [2.45, 2.75) is 19.3 Å². The summed E-state index contributed by atoms with van der Waals surface area (Å²) in [6.07, 6.45) is 1.09. The first-order valence-electron chi connectivity index (χ1n) is 6.37. The highest BCUT2D eigenvalue weighted by Crippen LogP contribution is 2.02. The van der Waals surface area contributed by atoms with Gasteiger partial charge in [-0.15, -0.1) is 0 Å². The van der Waals surface area contributed by atoms with Crippen molar-refractivity contribution in [1.82, 2.24) is 5.32 Å². The van der Waals surface area contributed by atoms with Crippen molar-refractivity contribution in [2.75, 3.05) is 13.2 Å². The first-order valence-corrected chi connectivity index (χ1v) is 6.37. The molecular formula is C15H19NO3. The summed E-state index contributed by atoms with van der Waals surface area (Å²) in [5.74, 6) is 0.768. The van der Waals surface area contributed by atoms with Gasteiger partial charge in [-0.05, 0) is 17.7 Å². The van der Waals surface area contributed by atoms with Gasteiger partial charge < -0.3 is 19.6 Å². The van der Waals surface area contributed by atoms with Crippen molar-refractivity contribution in [3.8, 4) is 0 Å². The molecule has 2 rings (SSSR count). The Morgan fingerprint density at radius 2 is 2.00 bits per heavy atom. The van der Waals surface area contributed by atoms with Gasteiger partial charge in [0.25, 0.3) is 0 Å². The van der Waals surface area contributed by atoms with Gasteiger partial charge in [-0.3, -0.25) is 0 Å². The highest BCUT2D eigenvalue weighted by Gasteiger charge is 2.04. The molecule has 1 aromatic carbocycles. The zero-order chi connectivity index (χ0) is 13.3. The number of aliphatic hydroxyl groups excluding tert-OH is 1. The average Bonchev–Trinajstić information content (AvgIpc) is 2.93. The number of rotatable bonds is 8. The van der Waals surface area contributed by atoms with E-state index in [-0.39, 0.29) is 0 Å². The molecule has 2 aromatic rings. The summed E-state index contributed by atoms with van der Waals surface area (Å²) in [4.78, 5) is 0. The molecule has 1 atom stereocenters. The molecule has 0 radical (unpaired) electrons. The molecule has 4 heteroatoms. The van der Waals surface area contributed by atoms with E-state index in [4.69, 9.17) is 9.15 Å². The summed E-state index contributed by atoms with van der Waals surface area (Å²) < 4.78 is 10.5. The van der Waals surface area contributed by atoms with Crippen LogP contribution < -0.4 is 5.32 Å². The summed E-state index contributed by atoms with van der Waals surface area (Å²) in [7, 11) is 0. The first-order chi connectivity index (χ1) is 9.34. The number of nitrogens with one attached hydrogen (secondary N) is 1. The summed E-state index contributed by atoms with van der Waals surface area (Å²) in [5, 5.41) is 12.9. The summed E-state index contributed by atoms with van der Waals surface area (Å²) in [5.41, 5.74) is 1.20. The Morgan fingerprint density at radius 1 is 1.16 bits per heavy atom. The molecule has 4 nitrogen and oxygen atoms in total. The number of aliphatic hydroxyl groups is 1. The molecule has 102 valence electrons. The van der Waals surface area contributed by atoms with E-state index < -0.39 is 6.10 Å². The van der Waals surface area contributed by atoms with E-state index in [0.717, 1.165) is 12.3 Å². The fourth-order valence-corrected chi connectivity index (χ4v) is 1.73. The lowest BCUT2D eigenvalue weighted by Crippen LogP contribution is -2.30. The Bertz CT molecular complexity index is 442. The van der Waals surface area contributed by atoms with Crippen LogP contribution in [0, 0.1) is 0 Å². The van der Waals surface area contributed by atoms with Crippen molar-refractivity contribution < 1.29 is 14.3 Å². The van der Waals surface area contributed by atoms with Gasteiger partial charge >= 0.3 is 0 Å². The molecule has 0 aliphatic rings. The highest BCUT2D eigenvalue weighted by atomic mass is 16.5. The third-order valence-corrected chi connectivity index (χ3v) is 2.69. The maximum atomic E-state index is 9.74. The summed E-state index contributed by atoms with van der Waals surface area (Å²) in [6, 6.07) is 13.7. The topological polar surface area (TPSA) is 54.6 Å². The molecule has 0 aliphatic carbocycles. The van der Waals surface area contributed by atoms with Gasteiger partial charge in [0.15, 0.2) is 0 Å². The van der Waals surface area contributed by atoms with E-state index in [9.17, 15) is 5.11 Å². The number of hydrogen-bond acceptors (Lipinski definition) is 4. The Labute approximate surface area is 113 Å². The average molecular weight is 261 g/mol. The lowest BCUT2D eigenvalue weighted by molar-refractivity contribution is 0.0226. The molecule has 0 aliphatic heterocycles. The van der Waals surface area contributed by atoms with Gasteiger partial charge in [-0.1, -0.05) is 30.3 Å². The van der Waals surface area contributed by atoms with Gasteiger partial charge in [0.1, 0.15) is 12.4 Å². The molecule has 0 amide bonds. The SMILES string of the molecule is O[C@H](CNCc1ccccc1)COCc1ccco1. The lowest BCUT2D eigenvalue weighted by Gasteiger charge is -2.12. The Morgan fingerprint density at radius 3 is 2.74 bits per heavy atom. The molecule has 1 aromatic heterocycles. The molecular weight excluding hydrogens is 242 g/mol. The quantitative estimate of drug-likeness (QED) is 0.762. The van der Waals surface area contributed by atoms with Crippen molar-refractivity contribution in [3.05, 3.63) is 60.1 Å². The second-order valence-corrected chi connectivity index (χ2v) is 4.36. The fraction of sp³-hybridized carbons (Fsp3) is 0.333. The van der Waals surface area contributed by atoms with Crippen LogP contribution in [0.3, 0.4) is 0 Å². The minimum Gasteiger partial charge on any atom is -0.467 e. The van der Waals surface area contributed by atoms with Gasteiger partial charge in [0.2, 0.25) is 0 Å². The predicted octanol–water partition coefficient (Wildman–Crippen LogP) is 1.95. The molecule has 2 N–H and O–H groups in total. The molecule has 19 heavy (non-hydrogen) atoms. The second kappa shape index (κ2) is 7.74. The zero-order valence-corrected chi connectivity index (χ0v) is 10.8. The predicted molar refractivity (Wildman–Crippen MR) is 72.5 cm³/mol. The van der Waals surface area contributed by atoms with Crippen LogP contribution in [0.5, 0.6) is 0 Å². The van der Waals surface area contributed by atoms with Crippen LogP contribution in [0.1, 0.15) is 11.3 Å². The summed E-state index contributed by atoms with van der Waals surface area (Å²) in [6.45, 7) is 1.94. The minimum atomic E-state index is -0.515. The smallest absolute Gasteiger partial charge is 0.129 e. The van der Waals surface area contributed by atoms with Crippen LogP contribution in [0.2, 0.25) is 0 Å². The first kappa shape index (κ1) is 13.8. The maximum Gasteiger partial charge on any atom is 0.129 e. The van der Waals surface area contributed by atoms with E-state index in [0.29, 0.717) is 19.8 Å². The Kier molecular flexibility index (Phi) is 5.62. The van der Waals surface area contributed by atoms with Crippen molar-refractivity contribution in [2.24, 2.45) is 0 Å². The second-order valence-electron chi connectivity index (χ2n) is 4.36. The van der Waals surface area contributed by atoms with Crippen LogP contribution in [0.15, 0.2) is 53.1 Å². The van der Waals surface area contributed by atoms with Crippen LogP contribution in [-0.2, 0) is 17.9 Å². The molecule has 0 unspecified atom stereocenters. The zero-order valence-electron chi connectivity index (χ0n) is 10.8. The van der Waals surface area contributed by atoms with Gasteiger partial charge in [0.05, 0.1) is 19.0 Å². The molecule has 0 bridgehead atoms. The van der Waals surface area contributed by atoms with Crippen LogP contribution in [0.4, 0.5) is 0 Å². The Hall–Kier alpha value is -1.62. The third kappa shape index (κ3) is 5.26. The van der Waals surface area contributed by atoms with Gasteiger partial charge in [0, 0.05) is 13.1 Å². The molecule has 0 fully saturated rings. The normalized spacial score (nSPS) is 12.5. The fourth-order valence-electron chi connectivity index (χ4n) is 1.73. The van der Waals surface area contributed by atoms with Crippen LogP contribution in [0.25, 0.3) is 0 Å². The standard InChI is InChI=1S/C15H19NO3/c17-14(11-18-12-15-7-4-8-19-15)10-16-9-13-5-2-1-3-6-13/h1-8,14,16-17H,9-12H2/t14-/m1/s1. The number of furan rings is 1. The number of hydrogen-bond donors (Lipinski definition) is 2. The largest absolute Gasteiger partial charge is 0.467 e. The van der Waals surface area contributed by atoms with E-state index in [1.807, 2.05) is 42.5 Å².